The predicted octanol–water partition coefficient (Wildman–Crippen LogP) is 2.15. The third-order valence-electron chi connectivity index (χ3n) is 3.92. The number of likely N-dealkylation sites (tertiary alicyclic amines) is 1. The summed E-state index contributed by atoms with van der Waals surface area (Å²) in [6.07, 6.45) is 3.07. The molecule has 5 nitrogen and oxygen atoms in total. The van der Waals surface area contributed by atoms with Gasteiger partial charge in [0.1, 0.15) is 6.54 Å². The lowest BCUT2D eigenvalue weighted by Gasteiger charge is -2.23. The molecule has 2 rings (SSSR count). The summed E-state index contributed by atoms with van der Waals surface area (Å²) in [6.45, 7) is 1.33. The van der Waals surface area contributed by atoms with E-state index in [4.69, 9.17) is 4.74 Å². The van der Waals surface area contributed by atoms with Crippen LogP contribution in [0.25, 0.3) is 0 Å². The molecule has 1 amide bonds. The number of amides is 1. The maximum atomic E-state index is 11.8. The standard InChI is InChI=1S/C17H23NO4/c1-21-17(20)12-18-15(9-10-16(18)19)8-5-11-22-13-14-6-3-2-4-7-14/h2-4,6-7,15H,5,8-13H2,1H3. The van der Waals surface area contributed by atoms with Crippen molar-refractivity contribution in [3.63, 3.8) is 0 Å². The van der Waals surface area contributed by atoms with Crippen LogP contribution in [0.4, 0.5) is 0 Å². The Kier molecular flexibility index (Phi) is 6.40. The average molecular weight is 305 g/mol. The summed E-state index contributed by atoms with van der Waals surface area (Å²) < 4.78 is 10.3. The molecule has 0 aliphatic carbocycles. The molecular weight excluding hydrogens is 282 g/mol. The van der Waals surface area contributed by atoms with Gasteiger partial charge in [0.2, 0.25) is 5.91 Å². The van der Waals surface area contributed by atoms with Crippen molar-refractivity contribution in [1.82, 2.24) is 4.90 Å². The van der Waals surface area contributed by atoms with Crippen LogP contribution in [-0.4, -0.2) is 43.1 Å². The van der Waals surface area contributed by atoms with E-state index in [1.807, 2.05) is 30.3 Å². The monoisotopic (exact) mass is 305 g/mol. The van der Waals surface area contributed by atoms with Crippen LogP contribution in [0.1, 0.15) is 31.2 Å². The first-order valence-electron chi connectivity index (χ1n) is 7.68. The fraction of sp³-hybridized carbons (Fsp3) is 0.529. The highest BCUT2D eigenvalue weighted by molar-refractivity contribution is 5.83. The molecule has 1 fully saturated rings. The van der Waals surface area contributed by atoms with Gasteiger partial charge in [0, 0.05) is 19.1 Å². The molecule has 0 saturated carbocycles. The van der Waals surface area contributed by atoms with Crippen LogP contribution >= 0.6 is 0 Å². The fourth-order valence-electron chi connectivity index (χ4n) is 2.70. The summed E-state index contributed by atoms with van der Waals surface area (Å²) in [5.41, 5.74) is 1.16. The second kappa shape index (κ2) is 8.54. The van der Waals surface area contributed by atoms with E-state index in [0.29, 0.717) is 19.6 Å². The van der Waals surface area contributed by atoms with E-state index in [2.05, 4.69) is 4.74 Å². The van der Waals surface area contributed by atoms with Gasteiger partial charge in [-0.25, -0.2) is 0 Å². The molecule has 1 unspecified atom stereocenters. The van der Waals surface area contributed by atoms with Gasteiger partial charge in [-0.3, -0.25) is 9.59 Å². The zero-order valence-corrected chi connectivity index (χ0v) is 13.0. The van der Waals surface area contributed by atoms with Gasteiger partial charge in [-0.15, -0.1) is 0 Å². The van der Waals surface area contributed by atoms with Gasteiger partial charge in [-0.2, -0.15) is 0 Å². The van der Waals surface area contributed by atoms with Crippen LogP contribution < -0.4 is 0 Å². The van der Waals surface area contributed by atoms with Crippen molar-refractivity contribution in [1.29, 1.82) is 0 Å². The first-order valence-corrected chi connectivity index (χ1v) is 7.68. The summed E-state index contributed by atoms with van der Waals surface area (Å²) in [5.74, 6) is -0.318. The third kappa shape index (κ3) is 4.84. The van der Waals surface area contributed by atoms with Crippen LogP contribution in [0, 0.1) is 0 Å². The maximum absolute atomic E-state index is 11.8. The highest BCUT2D eigenvalue weighted by atomic mass is 16.5. The second-order valence-corrected chi connectivity index (χ2v) is 5.47. The normalized spacial score (nSPS) is 17.8. The van der Waals surface area contributed by atoms with Crippen LogP contribution in [0.5, 0.6) is 0 Å². The van der Waals surface area contributed by atoms with Crippen molar-refractivity contribution in [2.75, 3.05) is 20.3 Å². The number of ether oxygens (including phenoxy) is 2. The first kappa shape index (κ1) is 16.5. The molecule has 1 aliphatic heterocycles. The van der Waals surface area contributed by atoms with Crippen molar-refractivity contribution in [3.05, 3.63) is 35.9 Å². The number of hydrogen-bond acceptors (Lipinski definition) is 4. The van der Waals surface area contributed by atoms with E-state index in [9.17, 15) is 9.59 Å². The minimum Gasteiger partial charge on any atom is -0.468 e. The summed E-state index contributed by atoms with van der Waals surface area (Å²) >= 11 is 0. The van der Waals surface area contributed by atoms with Crippen molar-refractivity contribution in [2.45, 2.75) is 38.3 Å². The van der Waals surface area contributed by atoms with Crippen LogP contribution in [0.3, 0.4) is 0 Å². The Balaban J connectivity index is 1.67. The third-order valence-corrected chi connectivity index (χ3v) is 3.92. The minimum absolute atomic E-state index is 0.0422. The summed E-state index contributed by atoms with van der Waals surface area (Å²) in [5, 5.41) is 0. The average Bonchev–Trinajstić information content (AvgIpc) is 2.88. The van der Waals surface area contributed by atoms with Crippen LogP contribution in [0.2, 0.25) is 0 Å². The molecule has 1 saturated heterocycles. The predicted molar refractivity (Wildman–Crippen MR) is 82.1 cm³/mol. The lowest BCUT2D eigenvalue weighted by molar-refractivity contribution is -0.146. The van der Waals surface area contributed by atoms with E-state index in [0.717, 1.165) is 24.8 Å². The Labute approximate surface area is 131 Å². The van der Waals surface area contributed by atoms with Crippen LogP contribution in [-0.2, 0) is 25.7 Å². The number of esters is 1. The van der Waals surface area contributed by atoms with E-state index < -0.39 is 0 Å². The van der Waals surface area contributed by atoms with E-state index in [-0.39, 0.29) is 24.5 Å². The zero-order chi connectivity index (χ0) is 15.8. The molecule has 0 radical (unpaired) electrons. The molecule has 1 aromatic carbocycles. The number of carbonyl (C=O) groups is 2. The number of nitrogens with zero attached hydrogens (tertiary/aromatic N) is 1. The Morgan fingerprint density at radius 1 is 1.32 bits per heavy atom. The van der Waals surface area contributed by atoms with Gasteiger partial charge in [0.05, 0.1) is 13.7 Å². The van der Waals surface area contributed by atoms with Crippen LogP contribution in [0.15, 0.2) is 30.3 Å². The summed E-state index contributed by atoms with van der Waals surface area (Å²) in [7, 11) is 1.34. The maximum Gasteiger partial charge on any atom is 0.325 e. The Bertz CT molecular complexity index is 489. The quantitative estimate of drug-likeness (QED) is 0.545. The number of hydrogen-bond donors (Lipinski definition) is 0. The van der Waals surface area contributed by atoms with Crippen molar-refractivity contribution < 1.29 is 19.1 Å². The van der Waals surface area contributed by atoms with Crippen molar-refractivity contribution in [3.8, 4) is 0 Å². The number of methoxy groups -OCH3 is 1. The highest BCUT2D eigenvalue weighted by Gasteiger charge is 2.31. The van der Waals surface area contributed by atoms with E-state index in [1.54, 1.807) is 4.90 Å². The molecule has 22 heavy (non-hydrogen) atoms. The molecule has 0 aromatic heterocycles. The Morgan fingerprint density at radius 3 is 2.82 bits per heavy atom. The molecule has 0 spiro atoms. The molecule has 1 aliphatic rings. The van der Waals surface area contributed by atoms with Crippen molar-refractivity contribution >= 4 is 11.9 Å². The van der Waals surface area contributed by atoms with Gasteiger partial charge in [0.25, 0.3) is 0 Å². The zero-order valence-electron chi connectivity index (χ0n) is 13.0. The molecule has 1 atom stereocenters. The van der Waals surface area contributed by atoms with Crippen molar-refractivity contribution in [2.24, 2.45) is 0 Å². The molecular formula is C17H23NO4. The minimum atomic E-state index is -0.361. The number of carbonyl (C=O) groups excluding carboxylic acids is 2. The van der Waals surface area contributed by atoms with Gasteiger partial charge >= 0.3 is 5.97 Å². The topological polar surface area (TPSA) is 55.8 Å². The first-order chi connectivity index (χ1) is 10.7. The molecule has 1 heterocycles. The molecule has 0 bridgehead atoms. The largest absolute Gasteiger partial charge is 0.468 e. The number of benzene rings is 1. The summed E-state index contributed by atoms with van der Waals surface area (Å²) in [6, 6.07) is 10.2. The van der Waals surface area contributed by atoms with E-state index >= 15 is 0 Å². The van der Waals surface area contributed by atoms with Gasteiger partial charge < -0.3 is 14.4 Å². The van der Waals surface area contributed by atoms with E-state index in [1.165, 1.54) is 7.11 Å². The lowest BCUT2D eigenvalue weighted by atomic mass is 10.1. The Hall–Kier alpha value is -1.88. The van der Waals surface area contributed by atoms with Gasteiger partial charge in [-0.1, -0.05) is 30.3 Å². The fourth-order valence-corrected chi connectivity index (χ4v) is 2.70. The second-order valence-electron chi connectivity index (χ2n) is 5.47. The summed E-state index contributed by atoms with van der Waals surface area (Å²) in [4.78, 5) is 24.8. The molecule has 1 aromatic rings. The van der Waals surface area contributed by atoms with Gasteiger partial charge in [0.15, 0.2) is 0 Å². The van der Waals surface area contributed by atoms with Gasteiger partial charge in [-0.05, 0) is 24.8 Å². The smallest absolute Gasteiger partial charge is 0.325 e. The molecule has 0 N–H and O–H groups in total. The lowest BCUT2D eigenvalue weighted by Crippen LogP contribution is -2.37. The highest BCUT2D eigenvalue weighted by Crippen LogP contribution is 2.22. The molecule has 5 heteroatoms. The molecule has 120 valence electrons. The SMILES string of the molecule is COC(=O)CN1C(=O)CCC1CCCOCc1ccccc1. The number of rotatable bonds is 8. The Morgan fingerprint density at radius 2 is 2.09 bits per heavy atom.